The lowest BCUT2D eigenvalue weighted by Gasteiger charge is -2.21. The molecule has 0 fully saturated rings. The van der Waals surface area contributed by atoms with Crippen LogP contribution in [0.3, 0.4) is 0 Å². The van der Waals surface area contributed by atoms with Crippen molar-refractivity contribution in [1.29, 1.82) is 0 Å². The van der Waals surface area contributed by atoms with Crippen molar-refractivity contribution in [2.75, 3.05) is 39.7 Å². The fourth-order valence-electron chi connectivity index (χ4n) is 2.69. The summed E-state index contributed by atoms with van der Waals surface area (Å²) in [5.41, 5.74) is 1.63. The second-order valence-corrected chi connectivity index (χ2v) is 6.16. The Hall–Kier alpha value is -3.22. The van der Waals surface area contributed by atoms with E-state index in [1.165, 1.54) is 18.9 Å². The van der Waals surface area contributed by atoms with Crippen molar-refractivity contribution in [3.05, 3.63) is 48.0 Å². The molecule has 0 aliphatic heterocycles. The highest BCUT2D eigenvalue weighted by Crippen LogP contribution is 2.29. The molecule has 2 rings (SSSR count). The Labute approximate surface area is 165 Å². The molecule has 7 nitrogen and oxygen atoms in total. The van der Waals surface area contributed by atoms with Gasteiger partial charge in [-0.25, -0.2) is 0 Å². The fraction of sp³-hybridized carbons (Fsp3) is 0.333. The van der Waals surface area contributed by atoms with Gasteiger partial charge in [-0.2, -0.15) is 0 Å². The summed E-state index contributed by atoms with van der Waals surface area (Å²) in [7, 11) is 4.69. The van der Waals surface area contributed by atoms with Crippen molar-refractivity contribution < 1.29 is 23.8 Å². The molecule has 28 heavy (non-hydrogen) atoms. The quantitative estimate of drug-likeness (QED) is 0.717. The number of methoxy groups -OCH3 is 3. The van der Waals surface area contributed by atoms with Crippen molar-refractivity contribution in [3.8, 4) is 17.2 Å². The molecule has 0 aliphatic carbocycles. The maximum Gasteiger partial charge on any atom is 0.243 e. The molecular weight excluding hydrogens is 360 g/mol. The number of ether oxygens (including phenoxy) is 3. The van der Waals surface area contributed by atoms with Gasteiger partial charge in [0.1, 0.15) is 5.75 Å². The zero-order chi connectivity index (χ0) is 20.5. The maximum absolute atomic E-state index is 12.4. The van der Waals surface area contributed by atoms with Crippen LogP contribution in [0.5, 0.6) is 17.2 Å². The fourth-order valence-corrected chi connectivity index (χ4v) is 2.69. The van der Waals surface area contributed by atoms with E-state index in [2.05, 4.69) is 5.32 Å². The molecule has 1 N–H and O–H groups in total. The Bertz CT molecular complexity index is 805. The number of rotatable bonds is 9. The van der Waals surface area contributed by atoms with Crippen LogP contribution in [0.2, 0.25) is 0 Å². The van der Waals surface area contributed by atoms with Gasteiger partial charge < -0.3 is 24.4 Å². The molecule has 2 amide bonds. The van der Waals surface area contributed by atoms with E-state index in [-0.39, 0.29) is 18.4 Å². The summed E-state index contributed by atoms with van der Waals surface area (Å²) in [6, 6.07) is 12.7. The monoisotopic (exact) mass is 386 g/mol. The Morgan fingerprint density at radius 1 is 0.929 bits per heavy atom. The van der Waals surface area contributed by atoms with Crippen LogP contribution < -0.4 is 19.5 Å². The third kappa shape index (κ3) is 5.90. The van der Waals surface area contributed by atoms with Crippen LogP contribution in [-0.2, 0) is 16.0 Å². The molecular formula is C21H26N2O5. The molecule has 0 spiro atoms. The van der Waals surface area contributed by atoms with E-state index in [1.807, 2.05) is 24.3 Å². The minimum atomic E-state index is -0.280. The zero-order valence-electron chi connectivity index (χ0n) is 16.7. The summed E-state index contributed by atoms with van der Waals surface area (Å²) in [5, 5.41) is 2.78. The minimum Gasteiger partial charge on any atom is -0.497 e. The third-order valence-electron chi connectivity index (χ3n) is 4.28. The van der Waals surface area contributed by atoms with Crippen LogP contribution in [0.1, 0.15) is 12.5 Å². The molecule has 0 aliphatic rings. The van der Waals surface area contributed by atoms with Crippen molar-refractivity contribution >= 4 is 17.5 Å². The summed E-state index contributed by atoms with van der Waals surface area (Å²) in [5.74, 6) is 1.43. The lowest BCUT2D eigenvalue weighted by molar-refractivity contribution is -0.132. The number of hydrogen-bond acceptors (Lipinski definition) is 5. The average Bonchev–Trinajstić information content (AvgIpc) is 2.71. The zero-order valence-corrected chi connectivity index (χ0v) is 16.7. The summed E-state index contributed by atoms with van der Waals surface area (Å²) in [6.45, 7) is 1.87. The molecule has 0 unspecified atom stereocenters. The molecule has 0 aromatic heterocycles. The van der Waals surface area contributed by atoms with Crippen LogP contribution in [0.4, 0.5) is 5.69 Å². The second-order valence-electron chi connectivity index (χ2n) is 6.16. The van der Waals surface area contributed by atoms with Crippen molar-refractivity contribution in [3.63, 3.8) is 0 Å². The standard InChI is InChI=1S/C21H26N2O5/c1-15(24)23(12-11-16-5-8-18(26-2)9-6-16)14-21(25)22-17-7-10-19(27-3)20(13-17)28-4/h5-10,13H,11-12,14H2,1-4H3,(H,22,25). The van der Waals surface area contributed by atoms with Gasteiger partial charge in [0.25, 0.3) is 0 Å². The number of nitrogens with one attached hydrogen (secondary N) is 1. The van der Waals surface area contributed by atoms with Gasteiger partial charge in [-0.3, -0.25) is 9.59 Å². The van der Waals surface area contributed by atoms with E-state index in [0.29, 0.717) is 30.2 Å². The van der Waals surface area contributed by atoms with Gasteiger partial charge in [-0.05, 0) is 36.2 Å². The van der Waals surface area contributed by atoms with Crippen molar-refractivity contribution in [2.24, 2.45) is 0 Å². The Kier molecular flexibility index (Phi) is 7.68. The van der Waals surface area contributed by atoms with Crippen molar-refractivity contribution in [2.45, 2.75) is 13.3 Å². The van der Waals surface area contributed by atoms with Gasteiger partial charge in [0.05, 0.1) is 27.9 Å². The Morgan fingerprint density at radius 2 is 1.61 bits per heavy atom. The SMILES string of the molecule is COc1ccc(CCN(CC(=O)Nc2ccc(OC)c(OC)c2)C(C)=O)cc1. The van der Waals surface area contributed by atoms with Crippen LogP contribution in [0, 0.1) is 0 Å². The van der Waals surface area contributed by atoms with E-state index in [1.54, 1.807) is 32.4 Å². The first-order chi connectivity index (χ1) is 13.5. The third-order valence-corrected chi connectivity index (χ3v) is 4.28. The van der Waals surface area contributed by atoms with E-state index >= 15 is 0 Å². The topological polar surface area (TPSA) is 77.1 Å². The van der Waals surface area contributed by atoms with Gasteiger partial charge >= 0.3 is 0 Å². The second kappa shape index (κ2) is 10.2. The maximum atomic E-state index is 12.4. The van der Waals surface area contributed by atoms with Gasteiger partial charge in [0.2, 0.25) is 11.8 Å². The number of carbonyl (C=O) groups excluding carboxylic acids is 2. The molecule has 0 saturated carbocycles. The van der Waals surface area contributed by atoms with E-state index < -0.39 is 0 Å². The Balaban J connectivity index is 1.95. The first kappa shape index (κ1) is 21.1. The summed E-state index contributed by atoms with van der Waals surface area (Å²) in [4.78, 5) is 25.8. The van der Waals surface area contributed by atoms with Gasteiger partial charge in [-0.1, -0.05) is 12.1 Å². The highest BCUT2D eigenvalue weighted by atomic mass is 16.5. The highest BCUT2D eigenvalue weighted by Gasteiger charge is 2.15. The van der Waals surface area contributed by atoms with Gasteiger partial charge in [-0.15, -0.1) is 0 Å². The molecule has 0 atom stereocenters. The number of benzene rings is 2. The largest absolute Gasteiger partial charge is 0.497 e. The van der Waals surface area contributed by atoms with Crippen LogP contribution in [0.25, 0.3) is 0 Å². The van der Waals surface area contributed by atoms with E-state index in [0.717, 1.165) is 11.3 Å². The van der Waals surface area contributed by atoms with Gasteiger partial charge in [0.15, 0.2) is 11.5 Å². The molecule has 0 saturated heterocycles. The van der Waals surface area contributed by atoms with E-state index in [4.69, 9.17) is 14.2 Å². The normalized spacial score (nSPS) is 10.1. The Morgan fingerprint density at radius 3 is 2.18 bits per heavy atom. The number of hydrogen-bond donors (Lipinski definition) is 1. The summed E-state index contributed by atoms with van der Waals surface area (Å²) >= 11 is 0. The van der Waals surface area contributed by atoms with Crippen LogP contribution in [-0.4, -0.2) is 51.1 Å². The first-order valence-electron chi connectivity index (χ1n) is 8.87. The molecule has 7 heteroatoms. The number of carbonyl (C=O) groups is 2. The molecule has 0 heterocycles. The predicted molar refractivity (Wildman–Crippen MR) is 107 cm³/mol. The lowest BCUT2D eigenvalue weighted by Crippen LogP contribution is -2.38. The average molecular weight is 386 g/mol. The molecule has 2 aromatic carbocycles. The number of nitrogens with zero attached hydrogens (tertiary/aromatic N) is 1. The van der Waals surface area contributed by atoms with Gasteiger partial charge in [0, 0.05) is 25.2 Å². The van der Waals surface area contributed by atoms with E-state index in [9.17, 15) is 9.59 Å². The summed E-state index contributed by atoms with van der Waals surface area (Å²) in [6.07, 6.45) is 0.646. The summed E-state index contributed by atoms with van der Waals surface area (Å²) < 4.78 is 15.6. The number of anilines is 1. The highest BCUT2D eigenvalue weighted by molar-refractivity contribution is 5.94. The molecule has 150 valence electrons. The van der Waals surface area contributed by atoms with Crippen LogP contribution in [0.15, 0.2) is 42.5 Å². The van der Waals surface area contributed by atoms with Crippen molar-refractivity contribution in [1.82, 2.24) is 4.90 Å². The predicted octanol–water partition coefficient (Wildman–Crippen LogP) is 2.74. The first-order valence-corrected chi connectivity index (χ1v) is 8.87. The lowest BCUT2D eigenvalue weighted by atomic mass is 10.1. The molecule has 0 bridgehead atoms. The van der Waals surface area contributed by atoms with Crippen LogP contribution >= 0.6 is 0 Å². The minimum absolute atomic E-state index is 0.0279. The molecule has 2 aromatic rings. The smallest absolute Gasteiger partial charge is 0.243 e. The molecule has 0 radical (unpaired) electrons. The number of amides is 2.